The van der Waals surface area contributed by atoms with Crippen molar-refractivity contribution >= 4 is 10.9 Å². The van der Waals surface area contributed by atoms with Crippen LogP contribution in [-0.4, -0.2) is 18.6 Å². The smallest absolute Gasteiger partial charge is 0.418 e. The van der Waals surface area contributed by atoms with E-state index in [4.69, 9.17) is 10.5 Å². The Morgan fingerprint density at radius 3 is 2.48 bits per heavy atom. The SMILES string of the molecule is COc1c(C)cccc1-c1[nH]c2c(C(F)(F)F)cccc2c1CCCCN. The third-order valence-corrected chi connectivity index (χ3v) is 4.81. The topological polar surface area (TPSA) is 51.0 Å². The summed E-state index contributed by atoms with van der Waals surface area (Å²) in [5, 5.41) is 0.598. The molecule has 2 aromatic carbocycles. The largest absolute Gasteiger partial charge is 0.496 e. The van der Waals surface area contributed by atoms with Crippen LogP contribution in [0, 0.1) is 6.92 Å². The van der Waals surface area contributed by atoms with E-state index >= 15 is 0 Å². The molecule has 0 bridgehead atoms. The molecular formula is C21H23F3N2O. The van der Waals surface area contributed by atoms with Crippen LogP contribution < -0.4 is 10.5 Å². The fourth-order valence-corrected chi connectivity index (χ4v) is 3.57. The van der Waals surface area contributed by atoms with Gasteiger partial charge in [-0.3, -0.25) is 0 Å². The normalized spacial score (nSPS) is 11.9. The molecule has 0 saturated carbocycles. The Kier molecular flexibility index (Phi) is 5.46. The molecule has 3 nitrogen and oxygen atoms in total. The number of hydrogen-bond acceptors (Lipinski definition) is 2. The second-order valence-electron chi connectivity index (χ2n) is 6.61. The van der Waals surface area contributed by atoms with Gasteiger partial charge in [0.25, 0.3) is 0 Å². The molecule has 1 aromatic heterocycles. The Morgan fingerprint density at radius 2 is 1.81 bits per heavy atom. The van der Waals surface area contributed by atoms with Crippen molar-refractivity contribution in [1.29, 1.82) is 0 Å². The van der Waals surface area contributed by atoms with Gasteiger partial charge in [-0.05, 0) is 56.0 Å². The van der Waals surface area contributed by atoms with Crippen molar-refractivity contribution in [2.45, 2.75) is 32.4 Å². The summed E-state index contributed by atoms with van der Waals surface area (Å²) in [5.41, 5.74) is 8.31. The Hall–Kier alpha value is -2.47. The van der Waals surface area contributed by atoms with Crippen LogP contribution in [0.5, 0.6) is 5.75 Å². The van der Waals surface area contributed by atoms with E-state index in [2.05, 4.69) is 4.98 Å². The number of ether oxygens (including phenoxy) is 1. The third kappa shape index (κ3) is 3.67. The van der Waals surface area contributed by atoms with Crippen LogP contribution in [0.2, 0.25) is 0 Å². The Bertz CT molecular complexity index is 944. The molecule has 0 atom stereocenters. The molecule has 0 amide bonds. The molecule has 3 rings (SSSR count). The molecule has 1 heterocycles. The molecule has 0 radical (unpaired) electrons. The molecule has 0 fully saturated rings. The predicted molar refractivity (Wildman–Crippen MR) is 102 cm³/mol. The van der Waals surface area contributed by atoms with Crippen LogP contribution in [0.15, 0.2) is 36.4 Å². The summed E-state index contributed by atoms with van der Waals surface area (Å²) in [5.74, 6) is 0.665. The van der Waals surface area contributed by atoms with Gasteiger partial charge in [0.2, 0.25) is 0 Å². The highest BCUT2D eigenvalue weighted by Crippen LogP contribution is 2.41. The number of fused-ring (bicyclic) bond motifs is 1. The Labute approximate surface area is 156 Å². The van der Waals surface area contributed by atoms with Crippen molar-refractivity contribution in [2.24, 2.45) is 5.73 Å². The minimum atomic E-state index is -4.42. The van der Waals surface area contributed by atoms with Crippen molar-refractivity contribution < 1.29 is 17.9 Å². The van der Waals surface area contributed by atoms with Crippen LogP contribution in [0.3, 0.4) is 0 Å². The number of nitrogens with two attached hydrogens (primary N) is 1. The summed E-state index contributed by atoms with van der Waals surface area (Å²) in [6.45, 7) is 2.47. The summed E-state index contributed by atoms with van der Waals surface area (Å²) in [6, 6.07) is 9.98. The average molecular weight is 376 g/mol. The van der Waals surface area contributed by atoms with E-state index in [1.165, 1.54) is 6.07 Å². The van der Waals surface area contributed by atoms with Crippen LogP contribution in [0.1, 0.15) is 29.5 Å². The van der Waals surface area contributed by atoms with Crippen molar-refractivity contribution in [3.8, 4) is 17.0 Å². The highest BCUT2D eigenvalue weighted by molar-refractivity contribution is 5.94. The van der Waals surface area contributed by atoms with E-state index in [1.807, 2.05) is 25.1 Å². The van der Waals surface area contributed by atoms with Crippen molar-refractivity contribution in [3.63, 3.8) is 0 Å². The number of rotatable bonds is 6. The summed E-state index contributed by atoms with van der Waals surface area (Å²) in [7, 11) is 1.57. The van der Waals surface area contributed by atoms with Gasteiger partial charge in [-0.2, -0.15) is 13.2 Å². The van der Waals surface area contributed by atoms with Crippen molar-refractivity contribution in [3.05, 3.63) is 53.1 Å². The Balaban J connectivity index is 2.28. The summed E-state index contributed by atoms with van der Waals surface area (Å²) < 4.78 is 46.1. The highest BCUT2D eigenvalue weighted by atomic mass is 19.4. The first-order chi connectivity index (χ1) is 12.9. The minimum absolute atomic E-state index is 0.117. The Morgan fingerprint density at radius 1 is 1.07 bits per heavy atom. The fourth-order valence-electron chi connectivity index (χ4n) is 3.57. The molecule has 27 heavy (non-hydrogen) atoms. The van der Waals surface area contributed by atoms with Crippen molar-refractivity contribution in [1.82, 2.24) is 4.98 Å². The maximum absolute atomic E-state index is 13.5. The lowest BCUT2D eigenvalue weighted by Gasteiger charge is -2.12. The van der Waals surface area contributed by atoms with Gasteiger partial charge in [0, 0.05) is 10.9 Å². The second kappa shape index (κ2) is 7.64. The number of aromatic amines is 1. The van der Waals surface area contributed by atoms with E-state index in [-0.39, 0.29) is 5.52 Å². The molecule has 0 aliphatic rings. The molecule has 0 saturated heterocycles. The monoisotopic (exact) mass is 376 g/mol. The van der Waals surface area contributed by atoms with E-state index in [0.717, 1.165) is 35.6 Å². The van der Waals surface area contributed by atoms with E-state index in [1.54, 1.807) is 13.2 Å². The molecule has 0 unspecified atom stereocenters. The molecule has 0 spiro atoms. The number of unbranched alkanes of at least 4 members (excludes halogenated alkanes) is 1. The lowest BCUT2D eigenvalue weighted by atomic mass is 9.98. The summed E-state index contributed by atoms with van der Waals surface area (Å²) >= 11 is 0. The number of para-hydroxylation sites is 2. The number of benzene rings is 2. The average Bonchev–Trinajstić information content (AvgIpc) is 2.99. The molecule has 0 aliphatic carbocycles. The number of alkyl halides is 3. The van der Waals surface area contributed by atoms with Gasteiger partial charge in [0.15, 0.2) is 0 Å². The fraction of sp³-hybridized carbons (Fsp3) is 0.333. The maximum Gasteiger partial charge on any atom is 0.418 e. The molecule has 3 N–H and O–H groups in total. The number of hydrogen-bond donors (Lipinski definition) is 2. The van der Waals surface area contributed by atoms with E-state index in [9.17, 15) is 13.2 Å². The van der Waals surface area contributed by atoms with Gasteiger partial charge in [-0.15, -0.1) is 0 Å². The van der Waals surface area contributed by atoms with Gasteiger partial charge in [0.05, 0.1) is 23.9 Å². The lowest BCUT2D eigenvalue weighted by molar-refractivity contribution is -0.136. The van der Waals surface area contributed by atoms with E-state index < -0.39 is 11.7 Å². The molecule has 144 valence electrons. The summed E-state index contributed by atoms with van der Waals surface area (Å²) in [4.78, 5) is 3.05. The first kappa shape index (κ1) is 19.3. The zero-order chi connectivity index (χ0) is 19.6. The number of aryl methyl sites for hydroxylation is 2. The maximum atomic E-state index is 13.5. The molecule has 0 aliphatic heterocycles. The van der Waals surface area contributed by atoms with Gasteiger partial charge >= 0.3 is 6.18 Å². The number of H-pyrrole nitrogens is 1. The standard InChI is InChI=1S/C21H23F3N2O/c1-13-7-5-10-16(20(13)27-2)18-14(8-3-4-12-25)15-9-6-11-17(19(15)26-18)21(22,23)24/h5-7,9-11,26H,3-4,8,12,25H2,1-2H3. The van der Waals surface area contributed by atoms with Gasteiger partial charge in [-0.1, -0.05) is 24.3 Å². The van der Waals surface area contributed by atoms with Crippen LogP contribution in [0.4, 0.5) is 13.2 Å². The quantitative estimate of drug-likeness (QED) is 0.562. The number of halogens is 3. The zero-order valence-corrected chi connectivity index (χ0v) is 15.4. The van der Waals surface area contributed by atoms with Gasteiger partial charge in [-0.25, -0.2) is 0 Å². The zero-order valence-electron chi connectivity index (χ0n) is 15.4. The third-order valence-electron chi connectivity index (χ3n) is 4.81. The van der Waals surface area contributed by atoms with Crippen molar-refractivity contribution in [2.75, 3.05) is 13.7 Å². The number of aromatic nitrogens is 1. The predicted octanol–water partition coefficient (Wildman–Crippen LogP) is 5.45. The molecule has 3 aromatic rings. The van der Waals surface area contributed by atoms with Crippen LogP contribution in [0.25, 0.3) is 22.2 Å². The molecule has 6 heteroatoms. The van der Waals surface area contributed by atoms with Crippen LogP contribution in [-0.2, 0) is 12.6 Å². The number of methoxy groups -OCH3 is 1. The molecular weight excluding hydrogens is 353 g/mol. The number of nitrogens with one attached hydrogen (secondary N) is 1. The first-order valence-corrected chi connectivity index (χ1v) is 8.93. The van der Waals surface area contributed by atoms with Crippen LogP contribution >= 0.6 is 0 Å². The summed E-state index contributed by atoms with van der Waals surface area (Å²) in [6.07, 6.45) is -2.16. The van der Waals surface area contributed by atoms with Gasteiger partial charge in [0.1, 0.15) is 5.75 Å². The van der Waals surface area contributed by atoms with E-state index in [0.29, 0.717) is 29.8 Å². The minimum Gasteiger partial charge on any atom is -0.496 e. The first-order valence-electron chi connectivity index (χ1n) is 8.93. The lowest BCUT2D eigenvalue weighted by Crippen LogP contribution is -2.05. The van der Waals surface area contributed by atoms with Gasteiger partial charge < -0.3 is 15.5 Å². The highest BCUT2D eigenvalue weighted by Gasteiger charge is 2.34. The second-order valence-corrected chi connectivity index (χ2v) is 6.61.